The third-order valence-electron chi connectivity index (χ3n) is 2.58. The van der Waals surface area contributed by atoms with E-state index in [1.165, 1.54) is 0 Å². The lowest BCUT2D eigenvalue weighted by Crippen LogP contribution is -1.91. The Morgan fingerprint density at radius 1 is 1.18 bits per heavy atom. The number of thiophene rings is 1. The number of hydrogen-bond donors (Lipinski definition) is 1. The smallest absolute Gasteiger partial charge is 0.371 e. The van der Waals surface area contributed by atoms with Gasteiger partial charge in [0.2, 0.25) is 5.76 Å². The average molecular weight is 244 g/mol. The van der Waals surface area contributed by atoms with E-state index < -0.39 is 5.97 Å². The first-order chi connectivity index (χ1) is 8.24. The molecule has 84 valence electrons. The molecular formula is C13H8O3S. The molecule has 0 aliphatic carbocycles. The molecule has 3 nitrogen and oxygen atoms in total. The van der Waals surface area contributed by atoms with Crippen molar-refractivity contribution in [3.8, 4) is 11.1 Å². The van der Waals surface area contributed by atoms with Crippen molar-refractivity contribution < 1.29 is 14.3 Å². The molecule has 2 heterocycles. The van der Waals surface area contributed by atoms with E-state index in [0.29, 0.717) is 5.58 Å². The van der Waals surface area contributed by atoms with E-state index in [0.717, 1.165) is 16.5 Å². The molecule has 2 aromatic heterocycles. The first-order valence-corrected chi connectivity index (χ1v) is 5.98. The maximum Gasteiger partial charge on any atom is 0.371 e. The minimum absolute atomic E-state index is 0.0255. The van der Waals surface area contributed by atoms with Crippen LogP contribution in [0.3, 0.4) is 0 Å². The number of carboxylic acid groups (broad SMARTS) is 1. The molecule has 3 rings (SSSR count). The molecule has 0 saturated heterocycles. The van der Waals surface area contributed by atoms with Gasteiger partial charge in [-0.3, -0.25) is 0 Å². The highest BCUT2D eigenvalue weighted by molar-refractivity contribution is 7.08. The van der Waals surface area contributed by atoms with Gasteiger partial charge < -0.3 is 9.52 Å². The Morgan fingerprint density at radius 3 is 2.76 bits per heavy atom. The lowest BCUT2D eigenvalue weighted by atomic mass is 10.1. The number of benzene rings is 1. The lowest BCUT2D eigenvalue weighted by molar-refractivity contribution is 0.0665. The van der Waals surface area contributed by atoms with Crippen molar-refractivity contribution in [1.82, 2.24) is 0 Å². The highest BCUT2D eigenvalue weighted by Crippen LogP contribution is 2.27. The van der Waals surface area contributed by atoms with Gasteiger partial charge in [-0.1, -0.05) is 6.07 Å². The van der Waals surface area contributed by atoms with E-state index >= 15 is 0 Å². The molecule has 0 unspecified atom stereocenters. The first-order valence-electron chi connectivity index (χ1n) is 5.03. The van der Waals surface area contributed by atoms with Gasteiger partial charge in [0.05, 0.1) is 0 Å². The second kappa shape index (κ2) is 3.75. The van der Waals surface area contributed by atoms with Crippen LogP contribution in [0.2, 0.25) is 0 Å². The topological polar surface area (TPSA) is 50.4 Å². The summed E-state index contributed by atoms with van der Waals surface area (Å²) in [5.41, 5.74) is 2.80. The van der Waals surface area contributed by atoms with Gasteiger partial charge in [0.15, 0.2) is 0 Å². The molecule has 0 fully saturated rings. The Hall–Kier alpha value is -2.07. The van der Waals surface area contributed by atoms with Crippen LogP contribution in [0.1, 0.15) is 10.6 Å². The number of carbonyl (C=O) groups is 1. The Bertz CT molecular complexity index is 680. The minimum atomic E-state index is -1.04. The van der Waals surface area contributed by atoms with E-state index in [1.54, 1.807) is 23.5 Å². The second-order valence-electron chi connectivity index (χ2n) is 3.68. The van der Waals surface area contributed by atoms with Crippen molar-refractivity contribution >= 4 is 28.3 Å². The van der Waals surface area contributed by atoms with Crippen LogP contribution >= 0.6 is 11.3 Å². The van der Waals surface area contributed by atoms with Gasteiger partial charge in [-0.05, 0) is 46.2 Å². The molecule has 1 aromatic carbocycles. The maximum atomic E-state index is 10.8. The summed E-state index contributed by atoms with van der Waals surface area (Å²) in [6.07, 6.45) is 0. The molecule has 3 aromatic rings. The van der Waals surface area contributed by atoms with E-state index in [2.05, 4.69) is 5.38 Å². The quantitative estimate of drug-likeness (QED) is 0.744. The zero-order chi connectivity index (χ0) is 11.8. The fourth-order valence-corrected chi connectivity index (χ4v) is 2.42. The van der Waals surface area contributed by atoms with E-state index in [1.807, 2.05) is 23.6 Å². The average Bonchev–Trinajstić information content (AvgIpc) is 2.97. The Labute approximate surface area is 101 Å². The summed E-state index contributed by atoms with van der Waals surface area (Å²) in [6.45, 7) is 0. The number of hydrogen-bond acceptors (Lipinski definition) is 3. The third kappa shape index (κ3) is 1.72. The van der Waals surface area contributed by atoms with Crippen molar-refractivity contribution in [1.29, 1.82) is 0 Å². The van der Waals surface area contributed by atoms with Crippen molar-refractivity contribution in [2.24, 2.45) is 0 Å². The number of furan rings is 1. The van der Waals surface area contributed by atoms with E-state index in [9.17, 15) is 4.79 Å². The Balaban J connectivity index is 2.16. The molecule has 1 N–H and O–H groups in total. The SMILES string of the molecule is O=C(O)c1cc2cc(-c3ccsc3)ccc2o1. The summed E-state index contributed by atoms with van der Waals surface area (Å²) in [6, 6.07) is 9.25. The van der Waals surface area contributed by atoms with Crippen molar-refractivity contribution in [2.45, 2.75) is 0 Å². The largest absolute Gasteiger partial charge is 0.475 e. The van der Waals surface area contributed by atoms with Gasteiger partial charge in [0.1, 0.15) is 5.58 Å². The zero-order valence-electron chi connectivity index (χ0n) is 8.71. The summed E-state index contributed by atoms with van der Waals surface area (Å²) in [7, 11) is 0. The summed E-state index contributed by atoms with van der Waals surface area (Å²) in [5.74, 6) is -1.07. The molecule has 17 heavy (non-hydrogen) atoms. The molecule has 0 saturated carbocycles. The molecule has 0 bridgehead atoms. The summed E-state index contributed by atoms with van der Waals surface area (Å²) in [5, 5.41) is 13.7. The number of aromatic carboxylic acids is 1. The number of carboxylic acids is 1. The van der Waals surface area contributed by atoms with Crippen LogP contribution in [0.15, 0.2) is 45.5 Å². The first kappa shape index (κ1) is 10.1. The highest BCUT2D eigenvalue weighted by atomic mass is 32.1. The minimum Gasteiger partial charge on any atom is -0.475 e. The summed E-state index contributed by atoms with van der Waals surface area (Å²) >= 11 is 1.63. The molecule has 0 atom stereocenters. The maximum absolute atomic E-state index is 10.8. The van der Waals surface area contributed by atoms with Gasteiger partial charge in [0.25, 0.3) is 0 Å². The summed E-state index contributed by atoms with van der Waals surface area (Å²) < 4.78 is 5.20. The molecular weight excluding hydrogens is 236 g/mol. The van der Waals surface area contributed by atoms with Crippen molar-refractivity contribution in [3.63, 3.8) is 0 Å². The van der Waals surface area contributed by atoms with Gasteiger partial charge in [-0.2, -0.15) is 11.3 Å². The second-order valence-corrected chi connectivity index (χ2v) is 4.46. The van der Waals surface area contributed by atoms with Crippen LogP contribution in [0.25, 0.3) is 22.1 Å². The molecule has 0 spiro atoms. The lowest BCUT2D eigenvalue weighted by Gasteiger charge is -1.96. The van der Waals surface area contributed by atoms with Crippen LogP contribution in [-0.4, -0.2) is 11.1 Å². The molecule has 0 radical (unpaired) electrons. The van der Waals surface area contributed by atoms with E-state index in [-0.39, 0.29) is 5.76 Å². The zero-order valence-corrected chi connectivity index (χ0v) is 9.53. The standard InChI is InChI=1S/C13H8O3S/c14-13(15)12-6-10-5-8(1-2-11(10)16-12)9-3-4-17-7-9/h1-7H,(H,14,15). The fraction of sp³-hybridized carbons (Fsp3) is 0. The van der Waals surface area contributed by atoms with Gasteiger partial charge in [0, 0.05) is 5.39 Å². The number of rotatable bonds is 2. The van der Waals surface area contributed by atoms with Crippen molar-refractivity contribution in [2.75, 3.05) is 0 Å². The van der Waals surface area contributed by atoms with Crippen LogP contribution in [0.4, 0.5) is 0 Å². The normalized spacial score (nSPS) is 10.8. The fourth-order valence-electron chi connectivity index (χ4n) is 1.76. The molecule has 0 aliphatic heterocycles. The third-order valence-corrected chi connectivity index (χ3v) is 3.26. The van der Waals surface area contributed by atoms with Gasteiger partial charge in [-0.15, -0.1) is 0 Å². The van der Waals surface area contributed by atoms with Crippen LogP contribution in [-0.2, 0) is 0 Å². The monoisotopic (exact) mass is 244 g/mol. The summed E-state index contributed by atoms with van der Waals surface area (Å²) in [4.78, 5) is 10.8. The predicted molar refractivity (Wildman–Crippen MR) is 66.5 cm³/mol. The highest BCUT2D eigenvalue weighted by Gasteiger charge is 2.10. The Morgan fingerprint density at radius 2 is 2.06 bits per heavy atom. The van der Waals surface area contributed by atoms with Gasteiger partial charge in [-0.25, -0.2) is 4.79 Å². The molecule has 4 heteroatoms. The van der Waals surface area contributed by atoms with Crippen molar-refractivity contribution in [3.05, 3.63) is 46.9 Å². The van der Waals surface area contributed by atoms with Crippen LogP contribution in [0, 0.1) is 0 Å². The number of fused-ring (bicyclic) bond motifs is 1. The predicted octanol–water partition coefficient (Wildman–Crippen LogP) is 3.86. The molecule has 0 aliphatic rings. The van der Waals surface area contributed by atoms with Crippen LogP contribution < -0.4 is 0 Å². The van der Waals surface area contributed by atoms with E-state index in [4.69, 9.17) is 9.52 Å². The Kier molecular flexibility index (Phi) is 2.23. The van der Waals surface area contributed by atoms with Gasteiger partial charge >= 0.3 is 5.97 Å². The molecule has 0 amide bonds. The van der Waals surface area contributed by atoms with Crippen LogP contribution in [0.5, 0.6) is 0 Å².